The molecule has 0 aromatic heterocycles. The van der Waals surface area contributed by atoms with Crippen LogP contribution in [0.5, 0.6) is 0 Å². The topological polar surface area (TPSA) is 78.7 Å². The fraction of sp³-hybridized carbons (Fsp3) is 0.417. The number of nitro groups is 1. The summed E-state index contributed by atoms with van der Waals surface area (Å²) in [5.74, 6) is -1.52. The second-order valence-corrected chi connectivity index (χ2v) is 4.25. The van der Waals surface area contributed by atoms with Gasteiger partial charge in [0.15, 0.2) is 0 Å². The molecule has 7 heteroatoms. The number of nitro benzene ring substituents is 1. The minimum Gasteiger partial charge on any atom is -0.462 e. The van der Waals surface area contributed by atoms with Crippen LogP contribution in [0, 0.1) is 21.8 Å². The summed E-state index contributed by atoms with van der Waals surface area (Å²) >= 11 is 0. The average Bonchev–Trinajstić information content (AvgIpc) is 2.88. The predicted octanol–water partition coefficient (Wildman–Crippen LogP) is 1.93. The molecular formula is C12H12FNO5. The lowest BCUT2D eigenvalue weighted by atomic mass is 10.1. The number of benzene rings is 1. The van der Waals surface area contributed by atoms with Gasteiger partial charge in [0, 0.05) is 18.6 Å². The van der Waals surface area contributed by atoms with Crippen molar-refractivity contribution in [1.29, 1.82) is 0 Å². The van der Waals surface area contributed by atoms with Crippen LogP contribution in [0.3, 0.4) is 0 Å². The summed E-state index contributed by atoms with van der Waals surface area (Å²) in [7, 11) is 0. The fourth-order valence-corrected chi connectivity index (χ4v) is 1.82. The van der Waals surface area contributed by atoms with Crippen molar-refractivity contribution in [2.75, 3.05) is 19.8 Å². The van der Waals surface area contributed by atoms with Crippen LogP contribution >= 0.6 is 0 Å². The number of carbonyl (C=O) groups is 1. The number of hydrogen-bond donors (Lipinski definition) is 0. The van der Waals surface area contributed by atoms with Gasteiger partial charge >= 0.3 is 5.97 Å². The molecule has 1 aliphatic heterocycles. The zero-order valence-corrected chi connectivity index (χ0v) is 10.0. The monoisotopic (exact) mass is 269 g/mol. The lowest BCUT2D eigenvalue weighted by molar-refractivity contribution is -0.385. The zero-order chi connectivity index (χ0) is 13.8. The quantitative estimate of drug-likeness (QED) is 0.474. The van der Waals surface area contributed by atoms with Gasteiger partial charge in [0.2, 0.25) is 0 Å². The molecule has 2 rings (SSSR count). The molecule has 1 aromatic rings. The largest absolute Gasteiger partial charge is 0.462 e. The molecule has 0 radical (unpaired) electrons. The number of esters is 1. The Morgan fingerprint density at radius 3 is 3.00 bits per heavy atom. The van der Waals surface area contributed by atoms with Crippen LogP contribution < -0.4 is 0 Å². The summed E-state index contributed by atoms with van der Waals surface area (Å²) in [6.07, 6.45) is 0.776. The normalized spacial score (nSPS) is 18.3. The Morgan fingerprint density at radius 2 is 2.37 bits per heavy atom. The standard InChI is InChI=1S/C12H12FNO5/c13-9-1-2-11(14(16)17)10(5-9)12(15)19-7-8-3-4-18-6-8/h1-2,5,8H,3-4,6-7H2. The van der Waals surface area contributed by atoms with Gasteiger partial charge in [-0.25, -0.2) is 9.18 Å². The second kappa shape index (κ2) is 5.75. The van der Waals surface area contributed by atoms with Crippen molar-refractivity contribution >= 4 is 11.7 Å². The van der Waals surface area contributed by atoms with Gasteiger partial charge < -0.3 is 9.47 Å². The molecular weight excluding hydrogens is 257 g/mol. The summed E-state index contributed by atoms with van der Waals surface area (Å²) in [6, 6.07) is 2.69. The number of nitrogens with zero attached hydrogens (tertiary/aromatic N) is 1. The molecule has 0 saturated carbocycles. The third-order valence-electron chi connectivity index (χ3n) is 2.85. The van der Waals surface area contributed by atoms with Gasteiger partial charge in [-0.2, -0.15) is 0 Å². The molecule has 6 nitrogen and oxygen atoms in total. The van der Waals surface area contributed by atoms with E-state index in [1.165, 1.54) is 0 Å². The Balaban J connectivity index is 2.08. The third kappa shape index (κ3) is 3.25. The Morgan fingerprint density at radius 1 is 1.58 bits per heavy atom. The molecule has 1 saturated heterocycles. The number of halogens is 1. The van der Waals surface area contributed by atoms with Gasteiger partial charge in [-0.1, -0.05) is 0 Å². The highest BCUT2D eigenvalue weighted by atomic mass is 19.1. The number of carbonyl (C=O) groups excluding carboxylic acids is 1. The van der Waals surface area contributed by atoms with E-state index in [2.05, 4.69) is 0 Å². The van der Waals surface area contributed by atoms with E-state index in [-0.39, 0.29) is 18.1 Å². The highest BCUT2D eigenvalue weighted by molar-refractivity contribution is 5.93. The first-order valence-corrected chi connectivity index (χ1v) is 5.76. The third-order valence-corrected chi connectivity index (χ3v) is 2.85. The average molecular weight is 269 g/mol. The van der Waals surface area contributed by atoms with E-state index >= 15 is 0 Å². The maximum Gasteiger partial charge on any atom is 0.345 e. The van der Waals surface area contributed by atoms with Gasteiger partial charge in [0.25, 0.3) is 5.69 Å². The zero-order valence-electron chi connectivity index (χ0n) is 10.0. The summed E-state index contributed by atoms with van der Waals surface area (Å²) in [6.45, 7) is 1.23. The van der Waals surface area contributed by atoms with Gasteiger partial charge in [-0.15, -0.1) is 0 Å². The van der Waals surface area contributed by atoms with Crippen molar-refractivity contribution in [2.45, 2.75) is 6.42 Å². The first-order valence-electron chi connectivity index (χ1n) is 5.76. The van der Waals surface area contributed by atoms with Crippen LogP contribution in [-0.2, 0) is 9.47 Å². The molecule has 0 amide bonds. The van der Waals surface area contributed by atoms with Crippen molar-refractivity contribution < 1.29 is 23.6 Å². The van der Waals surface area contributed by atoms with Crippen molar-refractivity contribution in [1.82, 2.24) is 0 Å². The van der Waals surface area contributed by atoms with Crippen LogP contribution in [0.4, 0.5) is 10.1 Å². The van der Waals surface area contributed by atoms with Gasteiger partial charge in [0.05, 0.1) is 18.1 Å². The number of ether oxygens (including phenoxy) is 2. The summed E-state index contributed by atoms with van der Waals surface area (Å²) < 4.78 is 23.1. The van der Waals surface area contributed by atoms with Crippen molar-refractivity contribution in [3.8, 4) is 0 Å². The number of rotatable bonds is 4. The van der Waals surface area contributed by atoms with Crippen molar-refractivity contribution in [2.24, 2.45) is 5.92 Å². The minimum atomic E-state index is -0.891. The second-order valence-electron chi connectivity index (χ2n) is 4.25. The van der Waals surface area contributed by atoms with E-state index in [9.17, 15) is 19.3 Å². The molecule has 1 atom stereocenters. The molecule has 0 N–H and O–H groups in total. The van der Waals surface area contributed by atoms with Crippen molar-refractivity contribution in [3.05, 3.63) is 39.7 Å². The molecule has 1 heterocycles. The highest BCUT2D eigenvalue weighted by Gasteiger charge is 2.24. The molecule has 0 aliphatic carbocycles. The predicted molar refractivity (Wildman–Crippen MR) is 62.3 cm³/mol. The lowest BCUT2D eigenvalue weighted by Gasteiger charge is -2.09. The first kappa shape index (κ1) is 13.4. The highest BCUT2D eigenvalue weighted by Crippen LogP contribution is 2.21. The Hall–Kier alpha value is -2.02. The SMILES string of the molecule is O=C(OCC1CCOC1)c1cc(F)ccc1[N+](=O)[O-]. The first-order chi connectivity index (χ1) is 9.08. The molecule has 1 fully saturated rings. The van der Waals surface area contributed by atoms with Gasteiger partial charge in [-0.3, -0.25) is 10.1 Å². The molecule has 1 unspecified atom stereocenters. The maximum atomic E-state index is 13.1. The van der Waals surface area contributed by atoms with E-state index in [1.807, 2.05) is 0 Å². The molecule has 1 aromatic carbocycles. The summed E-state index contributed by atoms with van der Waals surface area (Å²) in [4.78, 5) is 21.8. The molecule has 19 heavy (non-hydrogen) atoms. The van der Waals surface area contributed by atoms with E-state index in [0.717, 1.165) is 24.6 Å². The summed E-state index contributed by atoms with van der Waals surface area (Å²) in [5.41, 5.74) is -0.835. The smallest absolute Gasteiger partial charge is 0.345 e. The molecule has 1 aliphatic rings. The minimum absolute atomic E-state index is 0.0940. The van der Waals surface area contributed by atoms with Crippen LogP contribution in [-0.4, -0.2) is 30.7 Å². The number of hydrogen-bond acceptors (Lipinski definition) is 5. The summed E-state index contributed by atoms with van der Waals surface area (Å²) in [5, 5.41) is 10.8. The van der Waals surface area contributed by atoms with E-state index in [0.29, 0.717) is 13.2 Å². The van der Waals surface area contributed by atoms with E-state index in [1.54, 1.807) is 0 Å². The lowest BCUT2D eigenvalue weighted by Crippen LogP contribution is -2.15. The van der Waals surface area contributed by atoms with E-state index < -0.39 is 22.4 Å². The molecule has 0 spiro atoms. The fourth-order valence-electron chi connectivity index (χ4n) is 1.82. The van der Waals surface area contributed by atoms with Crippen molar-refractivity contribution in [3.63, 3.8) is 0 Å². The maximum absolute atomic E-state index is 13.1. The van der Waals surface area contributed by atoms with Crippen LogP contribution in [0.25, 0.3) is 0 Å². The Kier molecular flexibility index (Phi) is 4.06. The van der Waals surface area contributed by atoms with Gasteiger partial charge in [0.1, 0.15) is 11.4 Å². The van der Waals surface area contributed by atoms with Crippen LogP contribution in [0.1, 0.15) is 16.8 Å². The van der Waals surface area contributed by atoms with E-state index in [4.69, 9.17) is 9.47 Å². The van der Waals surface area contributed by atoms with Crippen LogP contribution in [0.15, 0.2) is 18.2 Å². The van der Waals surface area contributed by atoms with Gasteiger partial charge in [-0.05, 0) is 18.6 Å². The molecule has 0 bridgehead atoms. The Labute approximate surface area is 108 Å². The van der Waals surface area contributed by atoms with Crippen LogP contribution in [0.2, 0.25) is 0 Å². The molecule has 102 valence electrons. The Bertz CT molecular complexity index is 499.